The Labute approximate surface area is 282 Å². The molecule has 0 spiro atoms. The maximum atomic E-state index is 12.6. The molecule has 1 amide bonds. The summed E-state index contributed by atoms with van der Waals surface area (Å²) in [7, 11) is 0. The lowest BCUT2D eigenvalue weighted by Gasteiger charge is -2.46. The zero-order valence-electron chi connectivity index (χ0n) is 27.3. The molecule has 6 atom stereocenters. The maximum absolute atomic E-state index is 12.6. The van der Waals surface area contributed by atoms with E-state index < -0.39 is 10.8 Å². The van der Waals surface area contributed by atoms with Crippen molar-refractivity contribution < 1.29 is 23.7 Å². The molecule has 2 aromatic carbocycles. The van der Waals surface area contributed by atoms with Crippen LogP contribution in [0.25, 0.3) is 0 Å². The number of carbonyl (C=O) groups excluding carboxylic acids is 1. The first kappa shape index (κ1) is 34.0. The minimum absolute atomic E-state index is 0.00707. The molecule has 3 heterocycles. The van der Waals surface area contributed by atoms with Gasteiger partial charge in [0.15, 0.2) is 0 Å². The molecule has 7 nitrogen and oxygen atoms in total. The lowest BCUT2D eigenvalue weighted by atomic mass is 9.74. The summed E-state index contributed by atoms with van der Waals surface area (Å²) < 4.78 is 28.2. The standard InChI is InChI=1S/C37H47IN2O5/c1-25-29(42-22-26-13-9-7-10-14-26)18-30(43-23-27-15-11-8-12-16-27)34(45-25)37(6)19-28(39-32(37)21-38)17-31-36(5,20-33(41)40-31)24-44-35(2,3)4/h7-17,21,25,29-30,34H,18-20,22-24H2,1-6H3,(H,40,41)/b31-17+,32-21-/t25-,29-,30-,34-,36?,37-/m1/s1. The largest absolute Gasteiger partial charge is 0.375 e. The van der Waals surface area contributed by atoms with Gasteiger partial charge in [0.2, 0.25) is 5.91 Å². The quantitative estimate of drug-likeness (QED) is 0.254. The highest BCUT2D eigenvalue weighted by atomic mass is 127. The summed E-state index contributed by atoms with van der Waals surface area (Å²) in [5.41, 5.74) is 3.81. The molecule has 0 radical (unpaired) electrons. The van der Waals surface area contributed by atoms with E-state index in [4.69, 9.17) is 23.9 Å². The van der Waals surface area contributed by atoms with Crippen LogP contribution in [0.2, 0.25) is 0 Å². The number of nitrogens with one attached hydrogen (secondary N) is 1. The van der Waals surface area contributed by atoms with Crippen LogP contribution in [0.4, 0.5) is 0 Å². The van der Waals surface area contributed by atoms with E-state index in [1.54, 1.807) is 0 Å². The molecule has 0 saturated carbocycles. The van der Waals surface area contributed by atoms with Crippen molar-refractivity contribution in [2.24, 2.45) is 15.8 Å². The van der Waals surface area contributed by atoms with Crippen molar-refractivity contribution in [1.29, 1.82) is 0 Å². The van der Waals surface area contributed by atoms with E-state index in [9.17, 15) is 4.79 Å². The topological polar surface area (TPSA) is 78.4 Å². The van der Waals surface area contributed by atoms with Crippen molar-refractivity contribution in [3.05, 3.63) is 93.3 Å². The van der Waals surface area contributed by atoms with Gasteiger partial charge in [0.1, 0.15) is 0 Å². The SMILES string of the molecule is C[C@H]1O[C@@H]([C@]2(C)CC(/C=C3/NC(=O)CC3(C)COC(C)(C)C)=NC/2=C\I)[C@H](OCc2ccccc2)C[C@H]1OCc1ccccc1. The Kier molecular flexibility index (Phi) is 10.7. The van der Waals surface area contributed by atoms with Gasteiger partial charge in [-0.25, -0.2) is 0 Å². The van der Waals surface area contributed by atoms with Crippen LogP contribution in [0, 0.1) is 10.8 Å². The van der Waals surface area contributed by atoms with Gasteiger partial charge in [-0.3, -0.25) is 9.79 Å². The van der Waals surface area contributed by atoms with E-state index >= 15 is 0 Å². The number of amides is 1. The van der Waals surface area contributed by atoms with Gasteiger partial charge in [0, 0.05) is 41.5 Å². The predicted octanol–water partition coefficient (Wildman–Crippen LogP) is 7.69. The monoisotopic (exact) mass is 726 g/mol. The summed E-state index contributed by atoms with van der Waals surface area (Å²) in [6, 6.07) is 20.5. The fraction of sp³-hybridized carbons (Fsp3) is 0.514. The molecule has 1 unspecified atom stereocenters. The average molecular weight is 727 g/mol. The minimum atomic E-state index is -0.444. The molecule has 0 aliphatic carbocycles. The normalized spacial score (nSPS) is 32.2. The molecule has 242 valence electrons. The molecule has 3 aliphatic rings. The van der Waals surface area contributed by atoms with Crippen LogP contribution in [0.1, 0.15) is 71.9 Å². The summed E-state index contributed by atoms with van der Waals surface area (Å²) >= 11 is 2.28. The highest BCUT2D eigenvalue weighted by molar-refractivity contribution is 14.1. The Bertz CT molecular complexity index is 1420. The summed E-state index contributed by atoms with van der Waals surface area (Å²) in [6.07, 6.45) is 3.12. The van der Waals surface area contributed by atoms with Crippen molar-refractivity contribution in [3.63, 3.8) is 0 Å². The minimum Gasteiger partial charge on any atom is -0.375 e. The third-order valence-electron chi connectivity index (χ3n) is 9.04. The summed E-state index contributed by atoms with van der Waals surface area (Å²) in [5, 5.41) is 3.10. The van der Waals surface area contributed by atoms with Gasteiger partial charge < -0.3 is 24.3 Å². The van der Waals surface area contributed by atoms with Crippen molar-refractivity contribution in [2.75, 3.05) is 6.61 Å². The summed E-state index contributed by atoms with van der Waals surface area (Å²) in [6.45, 7) is 14.0. The fourth-order valence-corrected chi connectivity index (χ4v) is 7.22. The van der Waals surface area contributed by atoms with E-state index in [1.807, 2.05) is 57.2 Å². The van der Waals surface area contributed by atoms with Gasteiger partial charge in [0.25, 0.3) is 0 Å². The lowest BCUT2D eigenvalue weighted by Crippen LogP contribution is -2.54. The van der Waals surface area contributed by atoms with E-state index in [2.05, 4.69) is 83.1 Å². The zero-order valence-corrected chi connectivity index (χ0v) is 29.5. The summed E-state index contributed by atoms with van der Waals surface area (Å²) in [5.74, 6) is 0.00707. The van der Waals surface area contributed by atoms with Crippen LogP contribution in [-0.4, -0.2) is 48.2 Å². The fourth-order valence-electron chi connectivity index (χ4n) is 6.37. The number of rotatable bonds is 10. The highest BCUT2D eigenvalue weighted by Crippen LogP contribution is 2.49. The van der Waals surface area contributed by atoms with Crippen molar-refractivity contribution >= 4 is 34.2 Å². The van der Waals surface area contributed by atoms with Gasteiger partial charge in [-0.2, -0.15) is 0 Å². The number of hydrogen-bond donors (Lipinski definition) is 1. The number of allylic oxidation sites excluding steroid dienone is 1. The molecule has 8 heteroatoms. The molecule has 0 aromatic heterocycles. The molecular weight excluding hydrogens is 679 g/mol. The number of ether oxygens (including phenoxy) is 4. The van der Waals surface area contributed by atoms with Crippen LogP contribution in [0.3, 0.4) is 0 Å². The van der Waals surface area contributed by atoms with Crippen LogP contribution in [0.15, 0.2) is 87.2 Å². The van der Waals surface area contributed by atoms with E-state index in [1.165, 1.54) is 0 Å². The number of carbonyl (C=O) groups is 1. The second kappa shape index (κ2) is 14.2. The van der Waals surface area contributed by atoms with Crippen LogP contribution < -0.4 is 5.32 Å². The number of halogens is 1. The first-order chi connectivity index (χ1) is 21.4. The molecule has 0 bridgehead atoms. The third-order valence-corrected chi connectivity index (χ3v) is 9.63. The smallest absolute Gasteiger partial charge is 0.225 e. The van der Waals surface area contributed by atoms with Crippen molar-refractivity contribution in [2.45, 2.75) is 104 Å². The number of nitrogens with zero attached hydrogens (tertiary/aromatic N) is 1. The highest BCUT2D eigenvalue weighted by Gasteiger charge is 2.52. The second-order valence-electron chi connectivity index (χ2n) is 14.1. The zero-order chi connectivity index (χ0) is 32.2. The maximum Gasteiger partial charge on any atom is 0.225 e. The van der Waals surface area contributed by atoms with Gasteiger partial charge in [-0.15, -0.1) is 0 Å². The number of hydrogen-bond acceptors (Lipinski definition) is 6. The lowest BCUT2D eigenvalue weighted by molar-refractivity contribution is -0.220. The molecule has 5 rings (SSSR count). The van der Waals surface area contributed by atoms with E-state index in [0.29, 0.717) is 39.1 Å². The predicted molar refractivity (Wildman–Crippen MR) is 186 cm³/mol. The first-order valence-corrected chi connectivity index (χ1v) is 17.1. The molecule has 2 saturated heterocycles. The van der Waals surface area contributed by atoms with Crippen LogP contribution in [0.5, 0.6) is 0 Å². The van der Waals surface area contributed by atoms with Gasteiger partial charge in [0.05, 0.1) is 55.5 Å². The molecular formula is C37H47IN2O5. The third kappa shape index (κ3) is 8.32. The Balaban J connectivity index is 1.37. The molecule has 3 aliphatic heterocycles. The number of benzene rings is 2. The van der Waals surface area contributed by atoms with Gasteiger partial charge in [-0.05, 0) is 49.0 Å². The molecule has 2 fully saturated rings. The Hall–Kier alpha value is -2.37. The Morgan fingerprint density at radius 2 is 1.58 bits per heavy atom. The van der Waals surface area contributed by atoms with Crippen molar-refractivity contribution in [1.82, 2.24) is 5.32 Å². The summed E-state index contributed by atoms with van der Waals surface area (Å²) in [4.78, 5) is 17.7. The van der Waals surface area contributed by atoms with E-state index in [-0.39, 0.29) is 35.9 Å². The van der Waals surface area contributed by atoms with Crippen LogP contribution in [-0.2, 0) is 37.0 Å². The second-order valence-corrected chi connectivity index (χ2v) is 14.7. The Morgan fingerprint density at radius 1 is 0.978 bits per heavy atom. The van der Waals surface area contributed by atoms with Crippen molar-refractivity contribution in [3.8, 4) is 0 Å². The first-order valence-electron chi connectivity index (χ1n) is 15.9. The Morgan fingerprint density at radius 3 is 2.16 bits per heavy atom. The van der Waals surface area contributed by atoms with Gasteiger partial charge in [-0.1, -0.05) is 97.1 Å². The molecule has 45 heavy (non-hydrogen) atoms. The van der Waals surface area contributed by atoms with Crippen LogP contribution >= 0.6 is 22.6 Å². The van der Waals surface area contributed by atoms with E-state index in [0.717, 1.165) is 28.2 Å². The molecule has 2 aromatic rings. The number of aliphatic imine (C=N–C) groups is 1. The van der Waals surface area contributed by atoms with Gasteiger partial charge >= 0.3 is 0 Å². The average Bonchev–Trinajstić information content (AvgIpc) is 3.49. The molecule has 1 N–H and O–H groups in total.